The van der Waals surface area contributed by atoms with E-state index in [-0.39, 0.29) is 23.3 Å². The van der Waals surface area contributed by atoms with Crippen LogP contribution in [0.5, 0.6) is 0 Å². The van der Waals surface area contributed by atoms with Crippen molar-refractivity contribution in [1.29, 1.82) is 0 Å². The summed E-state index contributed by atoms with van der Waals surface area (Å²) < 4.78 is 35.2. The molecule has 0 aromatic heterocycles. The molecule has 17 heavy (non-hydrogen) atoms. The zero-order valence-corrected chi connectivity index (χ0v) is 12.0. The number of hydrogen-bond acceptors (Lipinski definition) is 5. The smallest absolute Gasteiger partial charge is 0.221 e. The summed E-state index contributed by atoms with van der Waals surface area (Å²) in [5.74, 6) is -0.333. The molecule has 0 saturated heterocycles. The Kier molecular flexibility index (Phi) is 7.80. The highest BCUT2D eigenvalue weighted by Crippen LogP contribution is 2.08. The summed E-state index contributed by atoms with van der Waals surface area (Å²) in [5, 5.41) is 0. The van der Waals surface area contributed by atoms with Crippen LogP contribution in [0.1, 0.15) is 6.92 Å². The Hall–Kier alpha value is -0.280. The van der Waals surface area contributed by atoms with Crippen molar-refractivity contribution in [2.75, 3.05) is 39.7 Å². The zero-order valence-electron chi connectivity index (χ0n) is 10.4. The van der Waals surface area contributed by atoms with E-state index in [0.717, 1.165) is 0 Å². The van der Waals surface area contributed by atoms with E-state index in [0.29, 0.717) is 13.2 Å². The first-order valence-electron chi connectivity index (χ1n) is 5.10. The van der Waals surface area contributed by atoms with Gasteiger partial charge in [0.05, 0.1) is 18.2 Å². The molecule has 0 aromatic rings. The second kappa shape index (κ2) is 7.93. The first kappa shape index (κ1) is 16.7. The normalized spacial score (nSPS) is 13.9. The van der Waals surface area contributed by atoms with Crippen molar-refractivity contribution in [2.45, 2.75) is 13.0 Å². The van der Waals surface area contributed by atoms with Gasteiger partial charge in [0.25, 0.3) is 0 Å². The first-order chi connectivity index (χ1) is 7.85. The minimum atomic E-state index is -3.51. The van der Waals surface area contributed by atoms with E-state index < -0.39 is 10.0 Å². The Labute approximate surface area is 108 Å². The molecule has 0 bridgehead atoms. The molecule has 0 rings (SSSR count). The molecule has 2 N–H and O–H groups in total. The van der Waals surface area contributed by atoms with Crippen molar-refractivity contribution in [3.63, 3.8) is 0 Å². The lowest BCUT2D eigenvalue weighted by Gasteiger charge is -2.27. The van der Waals surface area contributed by atoms with E-state index in [9.17, 15) is 8.42 Å². The number of ether oxygens (including phenoxy) is 2. The molecule has 0 fully saturated rings. The maximum absolute atomic E-state index is 12.0. The van der Waals surface area contributed by atoms with Crippen molar-refractivity contribution >= 4 is 27.2 Å². The van der Waals surface area contributed by atoms with E-state index in [4.69, 9.17) is 15.2 Å². The predicted octanol–water partition coefficient (Wildman–Crippen LogP) is -0.414. The number of nitrogens with two attached hydrogens (primary N) is 1. The topological polar surface area (TPSA) is 81.9 Å². The fourth-order valence-electron chi connectivity index (χ4n) is 1.40. The van der Waals surface area contributed by atoms with E-state index in [2.05, 4.69) is 12.2 Å². The molecule has 0 aliphatic rings. The number of thiocarbonyl (C=S) groups is 1. The summed E-state index contributed by atoms with van der Waals surface area (Å²) in [4.78, 5) is -0.0444. The zero-order chi connectivity index (χ0) is 13.5. The van der Waals surface area contributed by atoms with Gasteiger partial charge in [0.15, 0.2) is 0 Å². The maximum atomic E-state index is 12.0. The average Bonchev–Trinajstić information content (AvgIpc) is 2.16. The molecule has 0 amide bonds. The molecule has 102 valence electrons. The molecule has 8 heteroatoms. The van der Waals surface area contributed by atoms with Crippen LogP contribution in [-0.4, -0.2) is 63.5 Å². The van der Waals surface area contributed by atoms with E-state index in [1.165, 1.54) is 18.5 Å². The van der Waals surface area contributed by atoms with Crippen molar-refractivity contribution in [1.82, 2.24) is 4.31 Å². The van der Waals surface area contributed by atoms with Gasteiger partial charge in [0.2, 0.25) is 10.0 Å². The van der Waals surface area contributed by atoms with Gasteiger partial charge >= 0.3 is 0 Å². The number of sulfonamides is 1. The summed E-state index contributed by atoms with van der Waals surface area (Å²) in [6, 6.07) is -0.283. The Morgan fingerprint density at radius 2 is 2.00 bits per heavy atom. The fourth-order valence-corrected chi connectivity index (χ4v) is 3.34. The molecule has 0 heterocycles. The SMILES string of the molecule is COCCN(C(C)COC)S(=O)(=O)CC(N)=S. The molecular weight excluding hydrogens is 264 g/mol. The number of rotatable bonds is 9. The van der Waals surface area contributed by atoms with E-state index in [1.54, 1.807) is 6.92 Å². The summed E-state index contributed by atoms with van der Waals surface area (Å²) in [5.41, 5.74) is 5.28. The standard InChI is InChI=1S/C9H20N2O4S2/c1-8(6-15-3)11(4-5-14-2)17(12,13)7-9(10)16/h8H,4-7H2,1-3H3,(H2,10,16). The molecule has 0 saturated carbocycles. The van der Waals surface area contributed by atoms with Gasteiger partial charge in [-0.25, -0.2) is 8.42 Å². The van der Waals surface area contributed by atoms with Gasteiger partial charge in [-0.3, -0.25) is 0 Å². The van der Waals surface area contributed by atoms with E-state index in [1.807, 2.05) is 0 Å². The van der Waals surface area contributed by atoms with Crippen LogP contribution in [0.25, 0.3) is 0 Å². The Bertz CT molecular complexity index is 332. The lowest BCUT2D eigenvalue weighted by molar-refractivity contribution is 0.119. The van der Waals surface area contributed by atoms with Gasteiger partial charge in [-0.2, -0.15) is 4.31 Å². The van der Waals surface area contributed by atoms with Crippen LogP contribution in [0.2, 0.25) is 0 Å². The Morgan fingerprint density at radius 3 is 2.41 bits per heavy atom. The lowest BCUT2D eigenvalue weighted by atomic mass is 10.3. The van der Waals surface area contributed by atoms with Crippen LogP contribution >= 0.6 is 12.2 Å². The molecular formula is C9H20N2O4S2. The van der Waals surface area contributed by atoms with Crippen molar-refractivity contribution in [2.24, 2.45) is 5.73 Å². The third-order valence-electron chi connectivity index (χ3n) is 2.10. The van der Waals surface area contributed by atoms with Gasteiger partial charge < -0.3 is 15.2 Å². The summed E-state index contributed by atoms with van der Waals surface area (Å²) in [7, 11) is -0.476. The third kappa shape index (κ3) is 6.27. The van der Waals surface area contributed by atoms with Gasteiger partial charge in [0, 0.05) is 26.8 Å². The number of hydrogen-bond donors (Lipinski definition) is 1. The lowest BCUT2D eigenvalue weighted by Crippen LogP contribution is -2.45. The number of methoxy groups -OCH3 is 2. The van der Waals surface area contributed by atoms with Crippen LogP contribution in [0.15, 0.2) is 0 Å². The van der Waals surface area contributed by atoms with Crippen LogP contribution in [0.3, 0.4) is 0 Å². The summed E-state index contributed by atoms with van der Waals surface area (Å²) >= 11 is 4.64. The van der Waals surface area contributed by atoms with Gasteiger partial charge in [-0.05, 0) is 6.92 Å². The molecule has 1 atom stereocenters. The first-order valence-corrected chi connectivity index (χ1v) is 7.12. The fraction of sp³-hybridized carbons (Fsp3) is 0.889. The molecule has 1 unspecified atom stereocenters. The second-order valence-electron chi connectivity index (χ2n) is 3.63. The van der Waals surface area contributed by atoms with Crippen LogP contribution in [-0.2, 0) is 19.5 Å². The maximum Gasteiger partial charge on any atom is 0.221 e. The second-order valence-corrected chi connectivity index (χ2v) is 6.08. The third-order valence-corrected chi connectivity index (χ3v) is 4.36. The van der Waals surface area contributed by atoms with Gasteiger partial charge in [-0.1, -0.05) is 12.2 Å². The van der Waals surface area contributed by atoms with Gasteiger partial charge in [0.1, 0.15) is 5.75 Å². The van der Waals surface area contributed by atoms with Gasteiger partial charge in [-0.15, -0.1) is 0 Å². The Balaban J connectivity index is 4.82. The summed E-state index contributed by atoms with van der Waals surface area (Å²) in [6.07, 6.45) is 0. The highest BCUT2D eigenvalue weighted by molar-refractivity contribution is 7.92. The molecule has 0 spiro atoms. The highest BCUT2D eigenvalue weighted by atomic mass is 32.2. The molecule has 0 aromatic carbocycles. The summed E-state index contributed by atoms with van der Waals surface area (Å²) in [6.45, 7) is 2.63. The Morgan fingerprint density at radius 1 is 1.41 bits per heavy atom. The quantitative estimate of drug-likeness (QED) is 0.579. The largest absolute Gasteiger partial charge is 0.392 e. The predicted molar refractivity (Wildman–Crippen MR) is 70.5 cm³/mol. The van der Waals surface area contributed by atoms with Crippen molar-refractivity contribution in [3.8, 4) is 0 Å². The molecule has 0 aliphatic carbocycles. The minimum absolute atomic E-state index is 0.0444. The van der Waals surface area contributed by atoms with Crippen LogP contribution in [0.4, 0.5) is 0 Å². The highest BCUT2D eigenvalue weighted by Gasteiger charge is 2.27. The van der Waals surface area contributed by atoms with Crippen LogP contribution in [0, 0.1) is 0 Å². The van der Waals surface area contributed by atoms with Crippen molar-refractivity contribution < 1.29 is 17.9 Å². The monoisotopic (exact) mass is 284 g/mol. The van der Waals surface area contributed by atoms with Crippen molar-refractivity contribution in [3.05, 3.63) is 0 Å². The molecule has 6 nitrogen and oxygen atoms in total. The van der Waals surface area contributed by atoms with E-state index >= 15 is 0 Å². The average molecular weight is 284 g/mol. The molecule has 0 aliphatic heterocycles. The number of nitrogens with zero attached hydrogens (tertiary/aromatic N) is 1. The molecule has 0 radical (unpaired) electrons. The minimum Gasteiger partial charge on any atom is -0.392 e. The van der Waals surface area contributed by atoms with Crippen LogP contribution < -0.4 is 5.73 Å².